The highest BCUT2D eigenvalue weighted by Crippen LogP contribution is 2.44. The van der Waals surface area contributed by atoms with Crippen molar-refractivity contribution in [2.45, 2.75) is 0 Å². The molecule has 11 aromatic rings. The first-order valence-corrected chi connectivity index (χ1v) is 21.2. The van der Waals surface area contributed by atoms with Crippen LogP contribution in [-0.2, 0) is 0 Å². The number of anilines is 3. The van der Waals surface area contributed by atoms with E-state index in [2.05, 4.69) is 248 Å². The van der Waals surface area contributed by atoms with Gasteiger partial charge in [0.2, 0.25) is 0 Å². The molecule has 292 valence electrons. The average Bonchev–Trinajstić information content (AvgIpc) is 3.75. The molecule has 11 rings (SSSR count). The van der Waals surface area contributed by atoms with Crippen molar-refractivity contribution in [3.05, 3.63) is 249 Å². The summed E-state index contributed by atoms with van der Waals surface area (Å²) in [4.78, 5) is 2.34. The molecule has 0 N–H and O–H groups in total. The van der Waals surface area contributed by atoms with E-state index in [0.717, 1.165) is 56.0 Å². The van der Waals surface area contributed by atoms with Crippen molar-refractivity contribution in [2.75, 3.05) is 4.90 Å². The molecule has 0 unspecified atom stereocenters. The lowest BCUT2D eigenvalue weighted by Gasteiger charge is -2.26. The van der Waals surface area contributed by atoms with E-state index in [9.17, 15) is 0 Å². The molecule has 2 heteroatoms. The maximum Gasteiger partial charge on any atom is 0.143 e. The zero-order chi connectivity index (χ0) is 41.2. The van der Waals surface area contributed by atoms with Crippen LogP contribution in [0, 0.1) is 0 Å². The monoisotopic (exact) mass is 791 g/mol. The molecule has 0 amide bonds. The molecule has 0 fully saturated rings. The molecule has 1 aromatic heterocycles. The van der Waals surface area contributed by atoms with Crippen LogP contribution in [0.5, 0.6) is 0 Å². The van der Waals surface area contributed by atoms with E-state index in [4.69, 9.17) is 4.42 Å². The van der Waals surface area contributed by atoms with E-state index < -0.39 is 0 Å². The Morgan fingerprint density at radius 1 is 0.274 bits per heavy atom. The molecule has 0 bridgehead atoms. The normalized spacial score (nSPS) is 11.2. The molecular formula is C60H41NO. The van der Waals surface area contributed by atoms with E-state index in [1.165, 1.54) is 49.7 Å². The first kappa shape index (κ1) is 36.8. The van der Waals surface area contributed by atoms with E-state index in [-0.39, 0.29) is 0 Å². The molecule has 0 saturated heterocycles. The summed E-state index contributed by atoms with van der Waals surface area (Å²) in [5, 5.41) is 3.62. The summed E-state index contributed by atoms with van der Waals surface area (Å²) in [6.45, 7) is 0. The number of rotatable bonds is 9. The number of fused-ring (bicyclic) bond motifs is 2. The highest BCUT2D eigenvalue weighted by Gasteiger charge is 2.20. The second kappa shape index (κ2) is 16.1. The summed E-state index contributed by atoms with van der Waals surface area (Å²) in [6.07, 6.45) is 0. The topological polar surface area (TPSA) is 16.4 Å². The van der Waals surface area contributed by atoms with Crippen LogP contribution in [0.4, 0.5) is 17.1 Å². The van der Waals surface area contributed by atoms with Crippen LogP contribution in [0.3, 0.4) is 0 Å². The fraction of sp³-hybridized carbons (Fsp3) is 0. The third-order valence-corrected chi connectivity index (χ3v) is 11.9. The van der Waals surface area contributed by atoms with Gasteiger partial charge in [0, 0.05) is 33.6 Å². The zero-order valence-corrected chi connectivity index (χ0v) is 34.0. The smallest absolute Gasteiger partial charge is 0.143 e. The molecular weight excluding hydrogens is 751 g/mol. The molecule has 0 spiro atoms. The Morgan fingerprint density at radius 3 is 1.32 bits per heavy atom. The molecule has 0 aliphatic carbocycles. The highest BCUT2D eigenvalue weighted by atomic mass is 16.3. The second-order valence-corrected chi connectivity index (χ2v) is 15.7. The standard InChI is InChI=1S/C60H41NO/c1-3-13-42(14-4-1)43-25-27-44(28-26-43)46-33-37-52(38-34-46)61(54-20-11-19-51(41-54)60-59(50-16-5-2-6-17-50)57-22-9-10-24-58(57)62-60)53-39-35-47(36-40-53)45-29-31-49(32-30-45)56-23-12-18-48-15-7-8-21-55(48)56/h1-41H. The molecule has 62 heavy (non-hydrogen) atoms. The number of para-hydroxylation sites is 1. The van der Waals surface area contributed by atoms with Crippen molar-refractivity contribution in [1.29, 1.82) is 0 Å². The van der Waals surface area contributed by atoms with E-state index in [1.807, 2.05) is 6.07 Å². The summed E-state index contributed by atoms with van der Waals surface area (Å²) < 4.78 is 6.69. The Bertz CT molecular complexity index is 3290. The van der Waals surface area contributed by atoms with Crippen LogP contribution < -0.4 is 4.90 Å². The van der Waals surface area contributed by atoms with Gasteiger partial charge in [-0.15, -0.1) is 0 Å². The Balaban J connectivity index is 0.967. The third-order valence-electron chi connectivity index (χ3n) is 11.9. The van der Waals surface area contributed by atoms with Crippen LogP contribution in [0.1, 0.15) is 0 Å². The SMILES string of the molecule is c1ccc(-c2ccc(-c3ccc(N(c4ccc(-c5ccc(-c6cccc7ccccc67)cc5)cc4)c4cccc(-c5oc6ccccc6c5-c5ccccc5)c4)cc3)cc2)cc1. The van der Waals surface area contributed by atoms with Crippen molar-refractivity contribution < 1.29 is 4.42 Å². The van der Waals surface area contributed by atoms with Crippen LogP contribution in [0.15, 0.2) is 253 Å². The first-order valence-electron chi connectivity index (χ1n) is 21.2. The third kappa shape index (κ3) is 7.04. The van der Waals surface area contributed by atoms with Gasteiger partial charge in [-0.3, -0.25) is 0 Å². The molecule has 2 nitrogen and oxygen atoms in total. The van der Waals surface area contributed by atoms with Gasteiger partial charge in [-0.2, -0.15) is 0 Å². The van der Waals surface area contributed by atoms with Gasteiger partial charge in [-0.05, 0) is 103 Å². The predicted molar refractivity (Wildman–Crippen MR) is 261 cm³/mol. The van der Waals surface area contributed by atoms with E-state index in [1.54, 1.807) is 0 Å². The van der Waals surface area contributed by atoms with Gasteiger partial charge in [0.05, 0.1) is 0 Å². The molecule has 1 heterocycles. The summed E-state index contributed by atoms with van der Waals surface area (Å²) in [6, 6.07) is 88.8. The zero-order valence-electron chi connectivity index (χ0n) is 34.0. The largest absolute Gasteiger partial charge is 0.455 e. The number of furan rings is 1. The molecule has 0 saturated carbocycles. The van der Waals surface area contributed by atoms with Crippen LogP contribution >= 0.6 is 0 Å². The Hall–Kier alpha value is -8.20. The fourth-order valence-corrected chi connectivity index (χ4v) is 8.78. The maximum atomic E-state index is 6.69. The van der Waals surface area contributed by atoms with Gasteiger partial charge in [-0.1, -0.05) is 206 Å². The summed E-state index contributed by atoms with van der Waals surface area (Å²) in [7, 11) is 0. The number of benzene rings is 10. The van der Waals surface area contributed by atoms with Gasteiger partial charge in [0.15, 0.2) is 0 Å². The number of nitrogens with zero attached hydrogens (tertiary/aromatic N) is 1. The highest BCUT2D eigenvalue weighted by molar-refractivity contribution is 6.02. The van der Waals surface area contributed by atoms with Gasteiger partial charge < -0.3 is 9.32 Å². The lowest BCUT2D eigenvalue weighted by atomic mass is 9.96. The molecule has 0 atom stereocenters. The van der Waals surface area contributed by atoms with Gasteiger partial charge in [0.25, 0.3) is 0 Å². The lowest BCUT2D eigenvalue weighted by molar-refractivity contribution is 0.632. The van der Waals surface area contributed by atoms with Crippen LogP contribution in [0.2, 0.25) is 0 Å². The summed E-state index contributed by atoms with van der Waals surface area (Å²) >= 11 is 0. The fourth-order valence-electron chi connectivity index (χ4n) is 8.78. The quantitative estimate of drug-likeness (QED) is 0.145. The van der Waals surface area contributed by atoms with E-state index >= 15 is 0 Å². The first-order chi connectivity index (χ1) is 30.7. The minimum absolute atomic E-state index is 0.857. The van der Waals surface area contributed by atoms with Crippen molar-refractivity contribution in [3.63, 3.8) is 0 Å². The predicted octanol–water partition coefficient (Wildman–Crippen LogP) is 17.1. The average molecular weight is 792 g/mol. The second-order valence-electron chi connectivity index (χ2n) is 15.7. The Kier molecular flexibility index (Phi) is 9.57. The molecule has 10 aromatic carbocycles. The van der Waals surface area contributed by atoms with Crippen LogP contribution in [0.25, 0.3) is 88.7 Å². The van der Waals surface area contributed by atoms with E-state index in [0.29, 0.717) is 0 Å². The van der Waals surface area contributed by atoms with Gasteiger partial charge in [-0.25, -0.2) is 0 Å². The van der Waals surface area contributed by atoms with Crippen molar-refractivity contribution >= 4 is 38.8 Å². The summed E-state index contributed by atoms with van der Waals surface area (Å²) in [5.41, 5.74) is 16.8. The molecule has 0 radical (unpaired) electrons. The minimum atomic E-state index is 0.857. The Labute approximate surface area is 362 Å². The molecule has 0 aliphatic heterocycles. The minimum Gasteiger partial charge on any atom is -0.455 e. The molecule has 0 aliphatic rings. The van der Waals surface area contributed by atoms with Gasteiger partial charge in [0.1, 0.15) is 11.3 Å². The van der Waals surface area contributed by atoms with Crippen molar-refractivity contribution in [3.8, 4) is 67.0 Å². The maximum absolute atomic E-state index is 6.69. The number of hydrogen-bond acceptors (Lipinski definition) is 2. The lowest BCUT2D eigenvalue weighted by Crippen LogP contribution is -2.10. The summed E-state index contributed by atoms with van der Waals surface area (Å²) in [5.74, 6) is 0.857. The van der Waals surface area contributed by atoms with Crippen molar-refractivity contribution in [2.24, 2.45) is 0 Å². The van der Waals surface area contributed by atoms with Gasteiger partial charge >= 0.3 is 0 Å². The Morgan fingerprint density at radius 2 is 0.710 bits per heavy atom. The van der Waals surface area contributed by atoms with Crippen LogP contribution in [-0.4, -0.2) is 0 Å². The van der Waals surface area contributed by atoms with Crippen molar-refractivity contribution in [1.82, 2.24) is 0 Å². The number of hydrogen-bond donors (Lipinski definition) is 0.